The normalized spacial score (nSPS) is 11.1. The number of benzene rings is 2. The Morgan fingerprint density at radius 1 is 1.08 bits per heavy atom. The molecule has 0 bridgehead atoms. The van der Waals surface area contributed by atoms with E-state index in [0.717, 1.165) is 17.7 Å². The van der Waals surface area contributed by atoms with Gasteiger partial charge in [0.25, 0.3) is 5.91 Å². The van der Waals surface area contributed by atoms with Gasteiger partial charge in [-0.15, -0.1) is 0 Å². The van der Waals surface area contributed by atoms with Gasteiger partial charge in [0.2, 0.25) is 10.0 Å². The fourth-order valence-corrected chi connectivity index (χ4v) is 3.22. The van der Waals surface area contributed by atoms with Gasteiger partial charge in [0.1, 0.15) is 5.75 Å². The molecule has 0 saturated heterocycles. The van der Waals surface area contributed by atoms with Gasteiger partial charge in [-0.05, 0) is 49.2 Å². The summed E-state index contributed by atoms with van der Waals surface area (Å²) in [6.45, 7) is 4.03. The summed E-state index contributed by atoms with van der Waals surface area (Å²) in [5, 5.41) is 2.77. The van der Waals surface area contributed by atoms with Gasteiger partial charge in [0.15, 0.2) is 6.61 Å². The van der Waals surface area contributed by atoms with Gasteiger partial charge in [0.05, 0.1) is 4.90 Å². The molecular formula is C18H22N2O4S. The van der Waals surface area contributed by atoms with E-state index in [9.17, 15) is 13.2 Å². The molecule has 2 aromatic rings. The third-order valence-corrected chi connectivity index (χ3v) is 4.94. The molecule has 0 aliphatic carbocycles. The molecule has 2 rings (SSSR count). The van der Waals surface area contributed by atoms with Crippen LogP contribution in [0.2, 0.25) is 0 Å². The Morgan fingerprint density at radius 2 is 1.76 bits per heavy atom. The van der Waals surface area contributed by atoms with Crippen molar-refractivity contribution in [3.8, 4) is 5.75 Å². The fourth-order valence-electron chi connectivity index (χ4n) is 2.08. The van der Waals surface area contributed by atoms with Crippen molar-refractivity contribution in [3.63, 3.8) is 0 Å². The molecule has 0 aromatic heterocycles. The van der Waals surface area contributed by atoms with Gasteiger partial charge in [0, 0.05) is 12.2 Å². The minimum absolute atomic E-state index is 0.158. The first kappa shape index (κ1) is 19.0. The second kappa shape index (κ2) is 8.64. The lowest BCUT2D eigenvalue weighted by molar-refractivity contribution is -0.118. The predicted octanol–water partition coefficient (Wildman–Crippen LogP) is 2.70. The third-order valence-electron chi connectivity index (χ3n) is 3.47. The van der Waals surface area contributed by atoms with E-state index in [2.05, 4.69) is 10.0 Å². The van der Waals surface area contributed by atoms with E-state index in [1.807, 2.05) is 38.1 Å². The Balaban J connectivity index is 1.91. The summed E-state index contributed by atoms with van der Waals surface area (Å²) in [5.41, 5.74) is 1.70. The van der Waals surface area contributed by atoms with Crippen LogP contribution in [0.15, 0.2) is 53.4 Å². The van der Waals surface area contributed by atoms with Crippen LogP contribution in [0.1, 0.15) is 18.9 Å². The van der Waals surface area contributed by atoms with E-state index >= 15 is 0 Å². The van der Waals surface area contributed by atoms with Crippen LogP contribution in [0.4, 0.5) is 5.69 Å². The van der Waals surface area contributed by atoms with Crippen LogP contribution in [0, 0.1) is 6.92 Å². The molecule has 0 spiro atoms. The molecule has 134 valence electrons. The summed E-state index contributed by atoms with van der Waals surface area (Å²) < 4.78 is 31.9. The highest BCUT2D eigenvalue weighted by Crippen LogP contribution is 2.16. The van der Waals surface area contributed by atoms with Crippen molar-refractivity contribution in [3.05, 3.63) is 54.1 Å². The minimum Gasteiger partial charge on any atom is -0.484 e. The number of nitrogens with one attached hydrogen (secondary N) is 2. The average molecular weight is 362 g/mol. The number of rotatable bonds is 8. The quantitative estimate of drug-likeness (QED) is 0.756. The lowest BCUT2D eigenvalue weighted by atomic mass is 10.2. The Kier molecular flexibility index (Phi) is 6.55. The van der Waals surface area contributed by atoms with E-state index in [1.165, 1.54) is 24.3 Å². The van der Waals surface area contributed by atoms with Gasteiger partial charge >= 0.3 is 0 Å². The topological polar surface area (TPSA) is 84.5 Å². The van der Waals surface area contributed by atoms with Gasteiger partial charge in [-0.3, -0.25) is 4.79 Å². The lowest BCUT2D eigenvalue weighted by Gasteiger charge is -2.10. The molecule has 0 aliphatic heterocycles. The summed E-state index contributed by atoms with van der Waals surface area (Å²) in [6.07, 6.45) is 0.719. The molecule has 0 saturated carbocycles. The van der Waals surface area contributed by atoms with Crippen molar-refractivity contribution in [2.24, 2.45) is 0 Å². The first-order valence-corrected chi connectivity index (χ1v) is 9.48. The summed E-state index contributed by atoms with van der Waals surface area (Å²) >= 11 is 0. The van der Waals surface area contributed by atoms with Crippen LogP contribution in [0.25, 0.3) is 0 Å². The van der Waals surface area contributed by atoms with Crippen molar-refractivity contribution in [2.75, 3.05) is 18.5 Å². The third kappa shape index (κ3) is 5.58. The number of carbonyl (C=O) groups is 1. The van der Waals surface area contributed by atoms with Crippen molar-refractivity contribution >= 4 is 21.6 Å². The van der Waals surface area contributed by atoms with Crippen LogP contribution < -0.4 is 14.8 Å². The van der Waals surface area contributed by atoms with Crippen molar-refractivity contribution in [2.45, 2.75) is 25.2 Å². The molecule has 0 atom stereocenters. The number of aryl methyl sites for hydroxylation is 1. The molecule has 0 unspecified atom stereocenters. The maximum atomic E-state index is 12.0. The van der Waals surface area contributed by atoms with Crippen LogP contribution in [-0.2, 0) is 14.8 Å². The second-order valence-electron chi connectivity index (χ2n) is 5.52. The smallest absolute Gasteiger partial charge is 0.262 e. The average Bonchev–Trinajstić information content (AvgIpc) is 2.60. The Hall–Kier alpha value is -2.38. The van der Waals surface area contributed by atoms with Crippen LogP contribution in [-0.4, -0.2) is 27.5 Å². The largest absolute Gasteiger partial charge is 0.484 e. The zero-order valence-electron chi connectivity index (χ0n) is 14.3. The molecule has 1 amide bonds. The number of hydrogen-bond acceptors (Lipinski definition) is 4. The number of carbonyl (C=O) groups excluding carboxylic acids is 1. The van der Waals surface area contributed by atoms with E-state index in [-0.39, 0.29) is 17.4 Å². The number of ether oxygens (including phenoxy) is 1. The number of anilines is 1. The molecule has 2 aromatic carbocycles. The number of sulfonamides is 1. The van der Waals surface area contributed by atoms with Crippen LogP contribution >= 0.6 is 0 Å². The molecule has 0 heterocycles. The number of amides is 1. The molecule has 0 aliphatic rings. The first-order valence-electron chi connectivity index (χ1n) is 8.00. The number of para-hydroxylation sites is 1. The Morgan fingerprint density at radius 3 is 2.40 bits per heavy atom. The molecule has 2 N–H and O–H groups in total. The van der Waals surface area contributed by atoms with Gasteiger partial charge in [-0.2, -0.15) is 0 Å². The van der Waals surface area contributed by atoms with E-state index < -0.39 is 10.0 Å². The summed E-state index contributed by atoms with van der Waals surface area (Å²) in [7, 11) is -3.50. The zero-order valence-corrected chi connectivity index (χ0v) is 15.1. The first-order chi connectivity index (χ1) is 11.9. The van der Waals surface area contributed by atoms with E-state index in [0.29, 0.717) is 12.3 Å². The van der Waals surface area contributed by atoms with Crippen molar-refractivity contribution < 1.29 is 17.9 Å². The standard InChI is InChI=1S/C18H22N2O4S/c1-3-12-19-25(22,23)16-10-8-15(9-11-16)24-13-18(21)20-17-7-5-4-6-14(17)2/h4-11,19H,3,12-13H2,1-2H3,(H,20,21). The molecule has 25 heavy (non-hydrogen) atoms. The Bertz CT molecular complexity index is 817. The highest BCUT2D eigenvalue weighted by Gasteiger charge is 2.13. The predicted molar refractivity (Wildman–Crippen MR) is 97.2 cm³/mol. The van der Waals surface area contributed by atoms with Crippen LogP contribution in [0.3, 0.4) is 0 Å². The van der Waals surface area contributed by atoms with Gasteiger partial charge in [-0.1, -0.05) is 25.1 Å². The highest BCUT2D eigenvalue weighted by molar-refractivity contribution is 7.89. The fraction of sp³-hybridized carbons (Fsp3) is 0.278. The summed E-state index contributed by atoms with van der Waals surface area (Å²) in [4.78, 5) is 12.1. The maximum absolute atomic E-state index is 12.0. The number of hydrogen-bond donors (Lipinski definition) is 2. The van der Waals surface area contributed by atoms with Crippen molar-refractivity contribution in [1.29, 1.82) is 0 Å². The SMILES string of the molecule is CCCNS(=O)(=O)c1ccc(OCC(=O)Nc2ccccc2C)cc1. The maximum Gasteiger partial charge on any atom is 0.262 e. The van der Waals surface area contributed by atoms with Gasteiger partial charge < -0.3 is 10.1 Å². The molecule has 7 heteroatoms. The summed E-state index contributed by atoms with van der Waals surface area (Å²) in [6, 6.07) is 13.4. The lowest BCUT2D eigenvalue weighted by Crippen LogP contribution is -2.24. The van der Waals surface area contributed by atoms with Crippen LogP contribution in [0.5, 0.6) is 5.75 Å². The van der Waals surface area contributed by atoms with Gasteiger partial charge in [-0.25, -0.2) is 13.1 Å². The monoisotopic (exact) mass is 362 g/mol. The van der Waals surface area contributed by atoms with Crippen molar-refractivity contribution in [1.82, 2.24) is 4.72 Å². The molecular weight excluding hydrogens is 340 g/mol. The Labute approximate surface area is 148 Å². The minimum atomic E-state index is -3.50. The highest BCUT2D eigenvalue weighted by atomic mass is 32.2. The second-order valence-corrected chi connectivity index (χ2v) is 7.29. The molecule has 0 fully saturated rings. The molecule has 0 radical (unpaired) electrons. The summed E-state index contributed by atoms with van der Waals surface area (Å²) in [5.74, 6) is 0.144. The zero-order chi connectivity index (χ0) is 18.3. The van der Waals surface area contributed by atoms with E-state index in [4.69, 9.17) is 4.74 Å². The van der Waals surface area contributed by atoms with E-state index in [1.54, 1.807) is 0 Å². The molecule has 6 nitrogen and oxygen atoms in total.